The van der Waals surface area contributed by atoms with Gasteiger partial charge in [-0.25, -0.2) is 5.43 Å². The molecule has 0 atom stereocenters. The van der Waals surface area contributed by atoms with Crippen molar-refractivity contribution in [2.45, 2.75) is 13.5 Å². The Morgan fingerprint density at radius 3 is 2.90 bits per heavy atom. The molecule has 1 rings (SSSR count). The predicted molar refractivity (Wildman–Crippen MR) is 41.1 cm³/mol. The molecule has 53 valence electrons. The Bertz CT molecular complexity index is 208. The van der Waals surface area contributed by atoms with Gasteiger partial charge in [0.2, 0.25) is 0 Å². The van der Waals surface area contributed by atoms with Crippen molar-refractivity contribution in [3.63, 3.8) is 0 Å². The van der Waals surface area contributed by atoms with Crippen LogP contribution in [-0.4, -0.2) is 0 Å². The maximum atomic E-state index is 6.76. The molecule has 0 aromatic heterocycles. The van der Waals surface area contributed by atoms with E-state index >= 15 is 0 Å². The summed E-state index contributed by atoms with van der Waals surface area (Å²) in [5.41, 5.74) is 4.77. The Morgan fingerprint density at radius 2 is 2.30 bits per heavy atom. The van der Waals surface area contributed by atoms with Crippen LogP contribution in [0.15, 0.2) is 24.3 Å². The van der Waals surface area contributed by atoms with Gasteiger partial charge in [0, 0.05) is 6.54 Å². The van der Waals surface area contributed by atoms with Crippen LogP contribution in [-0.2, 0) is 6.54 Å². The SMILES string of the molecule is Cc1cccc(CN[NH])c1. The van der Waals surface area contributed by atoms with Crippen molar-refractivity contribution in [2.75, 3.05) is 0 Å². The molecular formula is C8H11N2. The van der Waals surface area contributed by atoms with Crippen LogP contribution in [0.4, 0.5) is 0 Å². The van der Waals surface area contributed by atoms with E-state index in [1.807, 2.05) is 25.1 Å². The van der Waals surface area contributed by atoms with Crippen LogP contribution in [0.5, 0.6) is 0 Å². The molecule has 0 heterocycles. The predicted octanol–water partition coefficient (Wildman–Crippen LogP) is 1.28. The van der Waals surface area contributed by atoms with Gasteiger partial charge >= 0.3 is 0 Å². The Morgan fingerprint density at radius 1 is 1.50 bits per heavy atom. The fourth-order valence-corrected chi connectivity index (χ4v) is 0.924. The highest BCUT2D eigenvalue weighted by Gasteiger charge is 1.88. The summed E-state index contributed by atoms with van der Waals surface area (Å²) >= 11 is 0. The minimum absolute atomic E-state index is 0.627. The molecule has 0 spiro atoms. The minimum Gasteiger partial charge on any atom is -0.239 e. The fourth-order valence-electron chi connectivity index (χ4n) is 0.924. The lowest BCUT2D eigenvalue weighted by Gasteiger charge is -1.98. The third-order valence-corrected chi connectivity index (χ3v) is 1.37. The molecule has 2 nitrogen and oxygen atoms in total. The highest BCUT2D eigenvalue weighted by Crippen LogP contribution is 2.02. The van der Waals surface area contributed by atoms with Gasteiger partial charge in [-0.1, -0.05) is 29.8 Å². The van der Waals surface area contributed by atoms with Gasteiger partial charge in [-0.15, -0.1) is 0 Å². The Labute approximate surface area is 61.0 Å². The van der Waals surface area contributed by atoms with Crippen LogP contribution in [0.2, 0.25) is 0 Å². The second-order valence-electron chi connectivity index (χ2n) is 2.34. The first kappa shape index (κ1) is 7.25. The van der Waals surface area contributed by atoms with Crippen LogP contribution in [0, 0.1) is 6.92 Å². The maximum Gasteiger partial charge on any atom is 0.0364 e. The van der Waals surface area contributed by atoms with Crippen molar-refractivity contribution in [3.8, 4) is 0 Å². The molecule has 2 heteroatoms. The monoisotopic (exact) mass is 135 g/mol. The Kier molecular flexibility index (Phi) is 2.42. The van der Waals surface area contributed by atoms with Gasteiger partial charge in [0.1, 0.15) is 0 Å². The zero-order chi connectivity index (χ0) is 7.40. The van der Waals surface area contributed by atoms with Crippen LogP contribution >= 0.6 is 0 Å². The van der Waals surface area contributed by atoms with Gasteiger partial charge < -0.3 is 0 Å². The van der Waals surface area contributed by atoms with E-state index in [9.17, 15) is 0 Å². The summed E-state index contributed by atoms with van der Waals surface area (Å²) in [6, 6.07) is 8.13. The van der Waals surface area contributed by atoms with Gasteiger partial charge in [0.15, 0.2) is 0 Å². The zero-order valence-electron chi connectivity index (χ0n) is 6.02. The van der Waals surface area contributed by atoms with Crippen molar-refractivity contribution < 1.29 is 0 Å². The number of hydrogen-bond donors (Lipinski definition) is 1. The molecule has 10 heavy (non-hydrogen) atoms. The molecule has 2 N–H and O–H groups in total. The van der Waals surface area contributed by atoms with Gasteiger partial charge in [0.05, 0.1) is 0 Å². The largest absolute Gasteiger partial charge is 0.239 e. The first-order valence-electron chi connectivity index (χ1n) is 3.28. The lowest BCUT2D eigenvalue weighted by molar-refractivity contribution is 0.714. The lowest BCUT2D eigenvalue weighted by Crippen LogP contribution is -2.08. The standard InChI is InChI=1S/C8H11N2/c1-7-3-2-4-8(5-7)6-10-9/h2-5,9-10H,6H2,1H3. The molecule has 0 saturated heterocycles. The molecule has 0 unspecified atom stereocenters. The smallest absolute Gasteiger partial charge is 0.0364 e. The summed E-state index contributed by atoms with van der Waals surface area (Å²) < 4.78 is 0. The highest BCUT2D eigenvalue weighted by molar-refractivity contribution is 5.21. The molecule has 0 saturated carbocycles. The normalized spacial score (nSPS) is 9.80. The van der Waals surface area contributed by atoms with Gasteiger partial charge in [0.25, 0.3) is 0 Å². The average molecular weight is 135 g/mol. The fraction of sp³-hybridized carbons (Fsp3) is 0.250. The molecule has 1 radical (unpaired) electrons. The molecular weight excluding hydrogens is 124 g/mol. The molecule has 0 aliphatic heterocycles. The Hall–Kier alpha value is -0.860. The van der Waals surface area contributed by atoms with Gasteiger partial charge in [-0.2, -0.15) is 5.84 Å². The van der Waals surface area contributed by atoms with Crippen LogP contribution in [0.3, 0.4) is 0 Å². The quantitative estimate of drug-likeness (QED) is 0.609. The van der Waals surface area contributed by atoms with E-state index in [4.69, 9.17) is 5.84 Å². The zero-order valence-corrected chi connectivity index (χ0v) is 6.02. The van der Waals surface area contributed by atoms with E-state index in [1.54, 1.807) is 0 Å². The van der Waals surface area contributed by atoms with Crippen molar-refractivity contribution >= 4 is 0 Å². The maximum absolute atomic E-state index is 6.76. The summed E-state index contributed by atoms with van der Waals surface area (Å²) in [6.07, 6.45) is 0. The first-order chi connectivity index (χ1) is 4.83. The van der Waals surface area contributed by atoms with Crippen molar-refractivity contribution in [1.82, 2.24) is 11.3 Å². The van der Waals surface area contributed by atoms with Crippen LogP contribution in [0.25, 0.3) is 0 Å². The number of nitrogens with one attached hydrogen (secondary N) is 2. The Balaban J connectivity index is 2.75. The van der Waals surface area contributed by atoms with Crippen LogP contribution in [0.1, 0.15) is 11.1 Å². The van der Waals surface area contributed by atoms with Gasteiger partial charge in [-0.3, -0.25) is 0 Å². The number of rotatable bonds is 2. The molecule has 0 fully saturated rings. The van der Waals surface area contributed by atoms with E-state index in [-0.39, 0.29) is 0 Å². The van der Waals surface area contributed by atoms with Crippen LogP contribution < -0.4 is 11.3 Å². The summed E-state index contributed by atoms with van der Waals surface area (Å²) in [7, 11) is 0. The summed E-state index contributed by atoms with van der Waals surface area (Å²) in [6.45, 7) is 2.68. The van der Waals surface area contributed by atoms with E-state index in [0.29, 0.717) is 6.54 Å². The second kappa shape index (κ2) is 3.34. The third kappa shape index (κ3) is 1.83. The molecule has 0 aliphatic rings. The van der Waals surface area contributed by atoms with Crippen molar-refractivity contribution in [2.24, 2.45) is 0 Å². The number of benzene rings is 1. The van der Waals surface area contributed by atoms with E-state index in [1.165, 1.54) is 5.56 Å². The average Bonchev–Trinajstić information content (AvgIpc) is 1.88. The molecule has 0 aliphatic carbocycles. The summed E-state index contributed by atoms with van der Waals surface area (Å²) in [5.74, 6) is 6.76. The molecule has 1 aromatic carbocycles. The topological polar surface area (TPSA) is 35.8 Å². The van der Waals surface area contributed by atoms with E-state index in [2.05, 4.69) is 11.5 Å². The van der Waals surface area contributed by atoms with Gasteiger partial charge in [-0.05, 0) is 12.5 Å². The molecule has 0 amide bonds. The first-order valence-corrected chi connectivity index (χ1v) is 3.28. The lowest BCUT2D eigenvalue weighted by atomic mass is 10.1. The molecule has 0 bridgehead atoms. The van der Waals surface area contributed by atoms with E-state index in [0.717, 1.165) is 5.56 Å². The van der Waals surface area contributed by atoms with Crippen molar-refractivity contribution in [1.29, 1.82) is 0 Å². The minimum atomic E-state index is 0.627. The van der Waals surface area contributed by atoms with Crippen molar-refractivity contribution in [3.05, 3.63) is 35.4 Å². The third-order valence-electron chi connectivity index (χ3n) is 1.37. The molecule has 1 aromatic rings. The highest BCUT2D eigenvalue weighted by atomic mass is 15.2. The second-order valence-corrected chi connectivity index (χ2v) is 2.34. The summed E-state index contributed by atoms with van der Waals surface area (Å²) in [5, 5.41) is 0. The van der Waals surface area contributed by atoms with E-state index < -0.39 is 0 Å². The number of hydrogen-bond acceptors (Lipinski definition) is 1. The summed E-state index contributed by atoms with van der Waals surface area (Å²) in [4.78, 5) is 0. The number of aryl methyl sites for hydroxylation is 1.